The second-order valence-corrected chi connectivity index (χ2v) is 13.7. The fourth-order valence-electron chi connectivity index (χ4n) is 6.27. The molecule has 1 aliphatic rings. The predicted octanol–water partition coefficient (Wildman–Crippen LogP) is 8.13. The van der Waals surface area contributed by atoms with Gasteiger partial charge in [-0.15, -0.1) is 0 Å². The molecule has 0 aliphatic heterocycles. The molecule has 1 fully saturated rings. The van der Waals surface area contributed by atoms with Crippen molar-refractivity contribution in [3.8, 4) is 28.0 Å². The predicted molar refractivity (Wildman–Crippen MR) is 201 cm³/mol. The molecule has 3 aromatic rings. The summed E-state index contributed by atoms with van der Waals surface area (Å²) in [4.78, 5) is 36.3. The molecule has 1 saturated carbocycles. The number of benzene rings is 3. The first kappa shape index (κ1) is 40.3. The Morgan fingerprint density at radius 3 is 2.04 bits per heavy atom. The van der Waals surface area contributed by atoms with Crippen molar-refractivity contribution >= 4 is 17.9 Å². The Kier molecular flexibility index (Phi) is 15.9. The molecule has 0 radical (unpaired) electrons. The monoisotopic (exact) mass is 714 g/mol. The van der Waals surface area contributed by atoms with Crippen molar-refractivity contribution in [1.82, 2.24) is 0 Å². The molecule has 0 N–H and O–H groups in total. The Hall–Kier alpha value is -4.47. The van der Waals surface area contributed by atoms with Crippen LogP contribution in [0.5, 0.6) is 5.75 Å². The lowest BCUT2D eigenvalue weighted by Crippen LogP contribution is -2.26. The lowest BCUT2D eigenvalue weighted by molar-refractivity contribution is -0.154. The molecule has 0 bridgehead atoms. The van der Waals surface area contributed by atoms with Gasteiger partial charge in [0, 0.05) is 14.2 Å². The van der Waals surface area contributed by atoms with Crippen LogP contribution in [0, 0.1) is 11.8 Å². The van der Waals surface area contributed by atoms with Crippen LogP contribution in [-0.2, 0) is 44.5 Å². The minimum atomic E-state index is -0.501. The van der Waals surface area contributed by atoms with E-state index in [1.807, 2.05) is 19.9 Å². The molecule has 1 aliphatic carbocycles. The van der Waals surface area contributed by atoms with Crippen molar-refractivity contribution in [1.29, 1.82) is 0 Å². The van der Waals surface area contributed by atoms with Gasteiger partial charge in [-0.25, -0.2) is 4.79 Å². The van der Waals surface area contributed by atoms with E-state index in [4.69, 9.17) is 28.4 Å². The Bertz CT molecular complexity index is 1600. The van der Waals surface area contributed by atoms with Gasteiger partial charge in [0.1, 0.15) is 25.1 Å². The maximum Gasteiger partial charge on any atom is 0.335 e. The molecule has 0 spiro atoms. The standard InChI is InChI=1S/C43H54O9/c1-29(2)41(44)52-37-19-17-36(18-20-37)40-26-38(49-24-25-51-43(46)31(4)28-48-6)21-22-39(40)35-15-13-34(14-16-35)33-11-9-32(10-12-33)8-7-23-50-42(45)30(3)27-47-5/h9-16,21-22,26,29-30,36-37H,4,7-8,17-20,23-25,27-28H2,1-3,5-6H3. The lowest BCUT2D eigenvalue weighted by Gasteiger charge is -2.30. The highest BCUT2D eigenvalue weighted by molar-refractivity contribution is 5.88. The van der Waals surface area contributed by atoms with Gasteiger partial charge >= 0.3 is 17.9 Å². The molecule has 3 aromatic carbocycles. The van der Waals surface area contributed by atoms with Crippen molar-refractivity contribution < 1.29 is 42.8 Å². The van der Waals surface area contributed by atoms with Crippen molar-refractivity contribution in [2.75, 3.05) is 47.3 Å². The zero-order valence-corrected chi connectivity index (χ0v) is 31.3. The summed E-state index contributed by atoms with van der Waals surface area (Å²) < 4.78 is 32.4. The summed E-state index contributed by atoms with van der Waals surface area (Å²) in [6.45, 7) is 10.4. The van der Waals surface area contributed by atoms with Crippen molar-refractivity contribution in [2.24, 2.45) is 11.8 Å². The van der Waals surface area contributed by atoms with Gasteiger partial charge < -0.3 is 28.4 Å². The van der Waals surface area contributed by atoms with Gasteiger partial charge in [-0.2, -0.15) is 0 Å². The normalized spacial score (nSPS) is 16.2. The molecule has 9 heteroatoms. The molecule has 1 unspecified atom stereocenters. The van der Waals surface area contributed by atoms with E-state index in [1.165, 1.54) is 18.2 Å². The number of rotatable bonds is 19. The third kappa shape index (κ3) is 12.1. The molecule has 1 atom stereocenters. The Morgan fingerprint density at radius 2 is 1.40 bits per heavy atom. The third-order valence-electron chi connectivity index (χ3n) is 9.24. The molecule has 0 aromatic heterocycles. The zero-order chi connectivity index (χ0) is 37.5. The van der Waals surface area contributed by atoms with Crippen LogP contribution in [0.4, 0.5) is 0 Å². The van der Waals surface area contributed by atoms with E-state index in [-0.39, 0.29) is 61.2 Å². The van der Waals surface area contributed by atoms with E-state index in [1.54, 1.807) is 14.0 Å². The van der Waals surface area contributed by atoms with Crippen molar-refractivity contribution in [2.45, 2.75) is 71.3 Å². The number of aryl methyl sites for hydroxylation is 1. The minimum absolute atomic E-state index is 0.0605. The van der Waals surface area contributed by atoms with E-state index in [2.05, 4.69) is 67.2 Å². The van der Waals surface area contributed by atoms with Crippen LogP contribution in [0.25, 0.3) is 22.3 Å². The van der Waals surface area contributed by atoms with Crippen LogP contribution >= 0.6 is 0 Å². The molecule has 0 saturated heterocycles. The summed E-state index contributed by atoms with van der Waals surface area (Å²) in [6.07, 6.45) is 4.93. The number of esters is 3. The van der Waals surface area contributed by atoms with Gasteiger partial charge in [0.25, 0.3) is 0 Å². The van der Waals surface area contributed by atoms with Gasteiger partial charge in [-0.1, -0.05) is 75.0 Å². The number of carbonyl (C=O) groups is 3. The Balaban J connectivity index is 1.42. The van der Waals surface area contributed by atoms with E-state index < -0.39 is 5.97 Å². The molecule has 4 rings (SSSR count). The minimum Gasteiger partial charge on any atom is -0.490 e. The quantitative estimate of drug-likeness (QED) is 0.0527. The average Bonchev–Trinajstić information content (AvgIpc) is 3.15. The van der Waals surface area contributed by atoms with Crippen molar-refractivity contribution in [3.05, 3.63) is 90.0 Å². The molecule has 0 heterocycles. The van der Waals surface area contributed by atoms with Crippen LogP contribution in [0.3, 0.4) is 0 Å². The van der Waals surface area contributed by atoms with Crippen LogP contribution in [0.15, 0.2) is 78.9 Å². The van der Waals surface area contributed by atoms with Crippen LogP contribution < -0.4 is 4.74 Å². The van der Waals surface area contributed by atoms with Crippen molar-refractivity contribution in [3.63, 3.8) is 0 Å². The van der Waals surface area contributed by atoms with E-state index in [0.717, 1.165) is 60.8 Å². The average molecular weight is 715 g/mol. The first-order valence-electron chi connectivity index (χ1n) is 18.3. The number of hydrogen-bond acceptors (Lipinski definition) is 9. The maximum absolute atomic E-state index is 12.2. The van der Waals surface area contributed by atoms with Gasteiger partial charge in [-0.3, -0.25) is 9.59 Å². The fraction of sp³-hybridized carbons (Fsp3) is 0.465. The smallest absolute Gasteiger partial charge is 0.335 e. The highest BCUT2D eigenvalue weighted by Crippen LogP contribution is 2.41. The third-order valence-corrected chi connectivity index (χ3v) is 9.24. The van der Waals surface area contributed by atoms with Gasteiger partial charge in [0.05, 0.1) is 37.2 Å². The summed E-state index contributed by atoms with van der Waals surface area (Å²) in [5.74, 6) is -0.306. The van der Waals surface area contributed by atoms with Crippen LogP contribution in [0.1, 0.15) is 69.9 Å². The number of methoxy groups -OCH3 is 2. The molecule has 52 heavy (non-hydrogen) atoms. The molecule has 0 amide bonds. The fourth-order valence-corrected chi connectivity index (χ4v) is 6.27. The summed E-state index contributed by atoms with van der Waals surface area (Å²) in [5, 5.41) is 0. The second-order valence-electron chi connectivity index (χ2n) is 13.7. The number of ether oxygens (including phenoxy) is 6. The molecule has 280 valence electrons. The van der Waals surface area contributed by atoms with Gasteiger partial charge in [0.2, 0.25) is 0 Å². The van der Waals surface area contributed by atoms with E-state index in [9.17, 15) is 14.4 Å². The van der Waals surface area contributed by atoms with Gasteiger partial charge in [0.15, 0.2) is 0 Å². The Morgan fingerprint density at radius 1 is 0.750 bits per heavy atom. The summed E-state index contributed by atoms with van der Waals surface area (Å²) in [6, 6.07) is 23.3. The van der Waals surface area contributed by atoms with E-state index >= 15 is 0 Å². The highest BCUT2D eigenvalue weighted by atomic mass is 16.6. The maximum atomic E-state index is 12.2. The largest absolute Gasteiger partial charge is 0.490 e. The lowest BCUT2D eigenvalue weighted by atomic mass is 9.79. The second kappa shape index (κ2) is 20.5. The summed E-state index contributed by atoms with van der Waals surface area (Å²) >= 11 is 0. The number of carbonyl (C=O) groups excluding carboxylic acids is 3. The summed E-state index contributed by atoms with van der Waals surface area (Å²) in [5.41, 5.74) is 7.12. The zero-order valence-electron chi connectivity index (χ0n) is 31.3. The topological polar surface area (TPSA) is 107 Å². The molecular weight excluding hydrogens is 660 g/mol. The van der Waals surface area contributed by atoms with Gasteiger partial charge in [-0.05, 0) is 96.9 Å². The molecular formula is C43H54O9. The summed E-state index contributed by atoms with van der Waals surface area (Å²) in [7, 11) is 3.08. The number of hydrogen-bond donors (Lipinski definition) is 0. The van der Waals surface area contributed by atoms with Crippen LogP contribution in [0.2, 0.25) is 0 Å². The molecule has 9 nitrogen and oxygen atoms in total. The SMILES string of the molecule is C=C(COC)C(=O)OCCOc1ccc(-c2ccc(-c3ccc(CCCOC(=O)C(C)COC)cc3)cc2)c(C2CCC(OC(=O)C(C)C)CC2)c1. The first-order chi connectivity index (χ1) is 25.1. The first-order valence-corrected chi connectivity index (χ1v) is 18.3. The Labute approximate surface area is 308 Å². The van der Waals surface area contributed by atoms with E-state index in [0.29, 0.717) is 19.0 Å². The highest BCUT2D eigenvalue weighted by Gasteiger charge is 2.27. The van der Waals surface area contributed by atoms with Crippen LogP contribution in [-0.4, -0.2) is 71.3 Å².